The predicted molar refractivity (Wildman–Crippen MR) is 75.9 cm³/mol. The van der Waals surface area contributed by atoms with Gasteiger partial charge in [-0.2, -0.15) is 0 Å². The fourth-order valence-corrected chi connectivity index (χ4v) is 3.38. The lowest BCUT2D eigenvalue weighted by atomic mass is 10.1. The van der Waals surface area contributed by atoms with Crippen molar-refractivity contribution in [3.8, 4) is 0 Å². The van der Waals surface area contributed by atoms with Crippen molar-refractivity contribution in [2.24, 2.45) is 5.92 Å². The maximum absolute atomic E-state index is 12.7. The van der Waals surface area contributed by atoms with Gasteiger partial charge in [-0.15, -0.1) is 0 Å². The minimum atomic E-state index is -0.00477. The van der Waals surface area contributed by atoms with Crippen LogP contribution in [0.4, 0.5) is 0 Å². The Morgan fingerprint density at radius 2 is 2.29 bits per heavy atom. The van der Waals surface area contributed by atoms with Crippen LogP contribution in [0.1, 0.15) is 22.5 Å². The summed E-state index contributed by atoms with van der Waals surface area (Å²) >= 11 is 0. The maximum Gasteiger partial charge on any atom is 0.257 e. The second kappa shape index (κ2) is 4.31. The molecule has 0 bridgehead atoms. The summed E-state index contributed by atoms with van der Waals surface area (Å²) in [6.07, 6.45) is 4.33. The van der Waals surface area contributed by atoms with Gasteiger partial charge in [0, 0.05) is 37.8 Å². The van der Waals surface area contributed by atoms with Crippen molar-refractivity contribution in [3.63, 3.8) is 0 Å². The molecule has 21 heavy (non-hydrogen) atoms. The zero-order chi connectivity index (χ0) is 14.6. The van der Waals surface area contributed by atoms with Gasteiger partial charge in [0.25, 0.3) is 5.91 Å². The van der Waals surface area contributed by atoms with Gasteiger partial charge in [0.05, 0.1) is 17.3 Å². The number of nitrogens with zero attached hydrogens (tertiary/aromatic N) is 3. The highest BCUT2D eigenvalue weighted by Gasteiger charge is 2.41. The molecule has 4 heterocycles. The van der Waals surface area contributed by atoms with Crippen LogP contribution in [0.15, 0.2) is 24.5 Å². The average Bonchev–Trinajstić information content (AvgIpc) is 3.08. The Bertz CT molecular complexity index is 735. The van der Waals surface area contributed by atoms with E-state index in [1.165, 1.54) is 0 Å². The summed E-state index contributed by atoms with van der Waals surface area (Å²) in [7, 11) is 0. The van der Waals surface area contributed by atoms with E-state index in [2.05, 4.69) is 10.3 Å². The predicted octanol–water partition coefficient (Wildman–Crippen LogP) is 0.603. The molecule has 2 amide bonds. The molecular weight excluding hydrogens is 268 g/mol. The summed E-state index contributed by atoms with van der Waals surface area (Å²) < 4.78 is 1.88. The number of pyridine rings is 1. The Morgan fingerprint density at radius 3 is 3.10 bits per heavy atom. The van der Waals surface area contributed by atoms with E-state index in [1.54, 1.807) is 0 Å². The maximum atomic E-state index is 12.7. The lowest BCUT2D eigenvalue weighted by Gasteiger charge is -2.17. The van der Waals surface area contributed by atoms with Gasteiger partial charge in [0.2, 0.25) is 5.91 Å². The van der Waals surface area contributed by atoms with Crippen LogP contribution in [0.5, 0.6) is 0 Å². The Balaban J connectivity index is 1.64. The molecule has 2 saturated heterocycles. The smallest absolute Gasteiger partial charge is 0.257 e. The molecule has 0 saturated carbocycles. The minimum Gasteiger partial charge on any atom is -0.351 e. The first-order valence-electron chi connectivity index (χ1n) is 7.15. The number of carbonyl (C=O) groups excluding carboxylic acids is 2. The van der Waals surface area contributed by atoms with Gasteiger partial charge in [-0.1, -0.05) is 0 Å². The number of aryl methyl sites for hydroxylation is 1. The number of carbonyl (C=O) groups is 2. The van der Waals surface area contributed by atoms with Crippen molar-refractivity contribution in [1.82, 2.24) is 19.6 Å². The number of nitrogens with one attached hydrogen (secondary N) is 1. The molecule has 108 valence electrons. The van der Waals surface area contributed by atoms with E-state index in [0.717, 1.165) is 5.69 Å². The van der Waals surface area contributed by atoms with Crippen LogP contribution >= 0.6 is 0 Å². The number of likely N-dealkylation sites (tertiary alicyclic amines) is 1. The SMILES string of the molecule is Cc1cn2cccc(C(=O)N3C[C@@H]4CC(=O)N[C@@H]4C3)c2n1. The van der Waals surface area contributed by atoms with E-state index in [-0.39, 0.29) is 23.8 Å². The van der Waals surface area contributed by atoms with Gasteiger partial charge in [-0.25, -0.2) is 4.98 Å². The van der Waals surface area contributed by atoms with E-state index >= 15 is 0 Å². The fraction of sp³-hybridized carbons (Fsp3) is 0.400. The summed E-state index contributed by atoms with van der Waals surface area (Å²) in [5.41, 5.74) is 2.21. The highest BCUT2D eigenvalue weighted by atomic mass is 16.2. The van der Waals surface area contributed by atoms with Crippen LogP contribution in [0, 0.1) is 12.8 Å². The summed E-state index contributed by atoms with van der Waals surface area (Å²) in [5.74, 6) is 0.348. The number of rotatable bonds is 1. The number of aromatic nitrogens is 2. The third kappa shape index (κ3) is 1.90. The number of amides is 2. The van der Waals surface area contributed by atoms with Crippen LogP contribution in [-0.4, -0.2) is 45.2 Å². The van der Waals surface area contributed by atoms with E-state index in [0.29, 0.717) is 30.7 Å². The number of imidazole rings is 1. The summed E-state index contributed by atoms with van der Waals surface area (Å²) in [6.45, 7) is 3.15. The summed E-state index contributed by atoms with van der Waals surface area (Å²) in [4.78, 5) is 30.4. The molecule has 6 nitrogen and oxygen atoms in total. The fourth-order valence-electron chi connectivity index (χ4n) is 3.38. The molecular formula is C15H16N4O2. The molecule has 0 aromatic carbocycles. The van der Waals surface area contributed by atoms with Gasteiger partial charge < -0.3 is 14.6 Å². The summed E-state index contributed by atoms with van der Waals surface area (Å²) in [6, 6.07) is 3.79. The second-order valence-electron chi connectivity index (χ2n) is 5.88. The number of fused-ring (bicyclic) bond motifs is 2. The third-order valence-electron chi connectivity index (χ3n) is 4.36. The zero-order valence-corrected chi connectivity index (χ0v) is 11.7. The van der Waals surface area contributed by atoms with Gasteiger partial charge in [-0.05, 0) is 19.1 Å². The molecule has 1 N–H and O–H groups in total. The van der Waals surface area contributed by atoms with Gasteiger partial charge in [0.15, 0.2) is 0 Å². The molecule has 2 aromatic heterocycles. The van der Waals surface area contributed by atoms with E-state index in [9.17, 15) is 9.59 Å². The molecule has 0 aliphatic carbocycles. The van der Waals surface area contributed by atoms with Crippen molar-refractivity contribution in [2.45, 2.75) is 19.4 Å². The van der Waals surface area contributed by atoms with Crippen LogP contribution in [0.25, 0.3) is 5.65 Å². The van der Waals surface area contributed by atoms with E-state index < -0.39 is 0 Å². The van der Waals surface area contributed by atoms with Crippen molar-refractivity contribution < 1.29 is 9.59 Å². The average molecular weight is 284 g/mol. The van der Waals surface area contributed by atoms with E-state index in [1.807, 2.05) is 40.8 Å². The lowest BCUT2D eigenvalue weighted by molar-refractivity contribution is -0.119. The first kappa shape index (κ1) is 12.4. The monoisotopic (exact) mass is 284 g/mol. The molecule has 2 atom stereocenters. The van der Waals surface area contributed by atoms with Crippen LogP contribution in [0.2, 0.25) is 0 Å². The van der Waals surface area contributed by atoms with Crippen LogP contribution in [-0.2, 0) is 4.79 Å². The quantitative estimate of drug-likeness (QED) is 0.834. The molecule has 2 aromatic rings. The van der Waals surface area contributed by atoms with Gasteiger partial charge >= 0.3 is 0 Å². The van der Waals surface area contributed by atoms with Crippen molar-refractivity contribution in [2.75, 3.05) is 13.1 Å². The topological polar surface area (TPSA) is 66.7 Å². The van der Waals surface area contributed by atoms with Crippen molar-refractivity contribution in [3.05, 3.63) is 35.8 Å². The molecule has 6 heteroatoms. The highest BCUT2D eigenvalue weighted by Crippen LogP contribution is 2.27. The van der Waals surface area contributed by atoms with E-state index in [4.69, 9.17) is 0 Å². The Labute approximate surface area is 121 Å². The van der Waals surface area contributed by atoms with Crippen molar-refractivity contribution >= 4 is 17.5 Å². The molecule has 0 spiro atoms. The Hall–Kier alpha value is -2.37. The largest absolute Gasteiger partial charge is 0.351 e. The second-order valence-corrected chi connectivity index (χ2v) is 5.88. The molecule has 0 radical (unpaired) electrons. The number of hydrogen-bond acceptors (Lipinski definition) is 3. The first-order chi connectivity index (χ1) is 10.1. The Kier molecular flexibility index (Phi) is 2.54. The molecule has 2 aliphatic rings. The minimum absolute atomic E-state index is 0.00477. The van der Waals surface area contributed by atoms with Gasteiger partial charge in [0.1, 0.15) is 5.65 Å². The third-order valence-corrected chi connectivity index (χ3v) is 4.36. The molecule has 2 fully saturated rings. The first-order valence-corrected chi connectivity index (χ1v) is 7.15. The summed E-state index contributed by atoms with van der Waals surface area (Å²) in [5, 5.41) is 2.94. The number of hydrogen-bond donors (Lipinski definition) is 1. The van der Waals surface area contributed by atoms with Crippen molar-refractivity contribution in [1.29, 1.82) is 0 Å². The lowest BCUT2D eigenvalue weighted by Crippen LogP contribution is -2.35. The highest BCUT2D eigenvalue weighted by molar-refractivity contribution is 6.00. The van der Waals surface area contributed by atoms with Crippen LogP contribution in [0.3, 0.4) is 0 Å². The normalized spacial score (nSPS) is 24.4. The standard InChI is InChI=1S/C15H16N4O2/c1-9-6-18-4-2-3-11(14(18)16-9)15(21)19-7-10-5-13(20)17-12(10)8-19/h2-4,6,10,12H,5,7-8H2,1H3,(H,17,20)/t10-,12+/m0/s1. The Morgan fingerprint density at radius 1 is 1.43 bits per heavy atom. The molecule has 4 rings (SSSR count). The molecule has 2 aliphatic heterocycles. The van der Waals surface area contributed by atoms with Crippen LogP contribution < -0.4 is 5.32 Å². The zero-order valence-electron chi connectivity index (χ0n) is 11.7. The molecule has 0 unspecified atom stereocenters. The van der Waals surface area contributed by atoms with Gasteiger partial charge in [-0.3, -0.25) is 9.59 Å².